The maximum absolute atomic E-state index is 5.70. The van der Waals surface area contributed by atoms with Gasteiger partial charge in [0.05, 0.1) is 18.8 Å². The lowest BCUT2D eigenvalue weighted by molar-refractivity contribution is -0.0124. The molecule has 104 valence electrons. The molecule has 1 aromatic carbocycles. The van der Waals surface area contributed by atoms with E-state index in [1.807, 2.05) is 24.3 Å². The average Bonchev–Trinajstić information content (AvgIpc) is 2.42. The minimum Gasteiger partial charge on any atom is -0.379 e. The predicted octanol–water partition coefficient (Wildman–Crippen LogP) is 2.33. The van der Waals surface area contributed by atoms with Crippen LogP contribution in [0.1, 0.15) is 31.4 Å². The van der Waals surface area contributed by atoms with Gasteiger partial charge >= 0.3 is 0 Å². The number of nitrogens with two attached hydrogens (primary N) is 1. The molecule has 0 atom stereocenters. The second kappa shape index (κ2) is 7.96. The lowest BCUT2D eigenvalue weighted by Gasteiger charge is -2.22. The van der Waals surface area contributed by atoms with Gasteiger partial charge in [0.2, 0.25) is 0 Å². The molecule has 1 aromatic rings. The van der Waals surface area contributed by atoms with E-state index in [0.29, 0.717) is 19.8 Å². The zero-order valence-corrected chi connectivity index (χ0v) is 12.0. The Morgan fingerprint density at radius 3 is 2.68 bits per heavy atom. The molecule has 0 aliphatic rings. The number of hydrogen-bond acceptors (Lipinski definition) is 3. The van der Waals surface area contributed by atoms with Crippen LogP contribution < -0.4 is 5.73 Å². The molecule has 0 aliphatic carbocycles. The van der Waals surface area contributed by atoms with Gasteiger partial charge in [0, 0.05) is 19.3 Å². The maximum atomic E-state index is 5.70. The minimum absolute atomic E-state index is 0.140. The standard InChI is InChI=1S/C16H23NO2/c1-16(2,18-3)10-12-19-13-15-8-5-4-7-14(15)9-6-11-17/h4-5,7-8H,10-13,17H2,1-3H3. The van der Waals surface area contributed by atoms with Crippen molar-refractivity contribution in [2.24, 2.45) is 5.73 Å². The Labute approximate surface area is 116 Å². The largest absolute Gasteiger partial charge is 0.379 e. The summed E-state index contributed by atoms with van der Waals surface area (Å²) in [5.41, 5.74) is 7.33. The van der Waals surface area contributed by atoms with Crippen LogP contribution in [0.4, 0.5) is 0 Å². The highest BCUT2D eigenvalue weighted by Gasteiger charge is 2.15. The first-order chi connectivity index (χ1) is 9.09. The second-order valence-electron chi connectivity index (χ2n) is 4.93. The Morgan fingerprint density at radius 2 is 2.00 bits per heavy atom. The van der Waals surface area contributed by atoms with E-state index in [0.717, 1.165) is 17.5 Å². The van der Waals surface area contributed by atoms with E-state index in [-0.39, 0.29) is 5.60 Å². The van der Waals surface area contributed by atoms with Gasteiger partial charge in [-0.05, 0) is 31.9 Å². The maximum Gasteiger partial charge on any atom is 0.0728 e. The molecule has 0 aromatic heterocycles. The summed E-state index contributed by atoms with van der Waals surface area (Å²) >= 11 is 0. The van der Waals surface area contributed by atoms with Gasteiger partial charge in [-0.2, -0.15) is 0 Å². The normalized spacial score (nSPS) is 10.9. The molecule has 0 amide bonds. The van der Waals surface area contributed by atoms with Crippen molar-refractivity contribution in [3.8, 4) is 11.8 Å². The third-order valence-corrected chi connectivity index (χ3v) is 3.00. The highest BCUT2D eigenvalue weighted by Crippen LogP contribution is 2.14. The number of methoxy groups -OCH3 is 1. The Kier molecular flexibility index (Phi) is 6.58. The van der Waals surface area contributed by atoms with Gasteiger partial charge in [-0.25, -0.2) is 0 Å². The number of hydrogen-bond donors (Lipinski definition) is 1. The SMILES string of the molecule is COC(C)(C)CCOCc1ccccc1C#CCN. The van der Waals surface area contributed by atoms with Crippen molar-refractivity contribution in [3.63, 3.8) is 0 Å². The van der Waals surface area contributed by atoms with Crippen LogP contribution in [-0.4, -0.2) is 25.9 Å². The van der Waals surface area contributed by atoms with Gasteiger partial charge in [-0.15, -0.1) is 0 Å². The Morgan fingerprint density at radius 1 is 1.26 bits per heavy atom. The van der Waals surface area contributed by atoms with Crippen molar-refractivity contribution in [1.29, 1.82) is 0 Å². The monoisotopic (exact) mass is 261 g/mol. The van der Waals surface area contributed by atoms with Crippen LogP contribution in [0.5, 0.6) is 0 Å². The fourth-order valence-corrected chi connectivity index (χ4v) is 1.52. The molecular formula is C16H23NO2. The van der Waals surface area contributed by atoms with Crippen molar-refractivity contribution in [2.45, 2.75) is 32.5 Å². The van der Waals surface area contributed by atoms with Crippen molar-refractivity contribution in [1.82, 2.24) is 0 Å². The van der Waals surface area contributed by atoms with Crippen molar-refractivity contribution in [3.05, 3.63) is 35.4 Å². The molecule has 2 N–H and O–H groups in total. The topological polar surface area (TPSA) is 44.5 Å². The minimum atomic E-state index is -0.140. The van der Waals surface area contributed by atoms with Crippen LogP contribution in [-0.2, 0) is 16.1 Å². The van der Waals surface area contributed by atoms with Crippen LogP contribution in [0.15, 0.2) is 24.3 Å². The van der Waals surface area contributed by atoms with Crippen LogP contribution >= 0.6 is 0 Å². The van der Waals surface area contributed by atoms with E-state index in [9.17, 15) is 0 Å². The molecular weight excluding hydrogens is 238 g/mol. The lowest BCUT2D eigenvalue weighted by Crippen LogP contribution is -2.24. The molecule has 0 bridgehead atoms. The summed E-state index contributed by atoms with van der Waals surface area (Å²) in [6, 6.07) is 7.98. The van der Waals surface area contributed by atoms with Gasteiger partial charge in [0.15, 0.2) is 0 Å². The molecule has 3 nitrogen and oxygen atoms in total. The summed E-state index contributed by atoms with van der Waals surface area (Å²) in [5, 5.41) is 0. The summed E-state index contributed by atoms with van der Waals surface area (Å²) in [6.45, 7) is 5.71. The summed E-state index contributed by atoms with van der Waals surface area (Å²) in [4.78, 5) is 0. The molecule has 1 rings (SSSR count). The molecule has 0 aliphatic heterocycles. The number of ether oxygens (including phenoxy) is 2. The van der Waals surface area contributed by atoms with Crippen LogP contribution in [0.2, 0.25) is 0 Å². The van der Waals surface area contributed by atoms with Crippen molar-refractivity contribution >= 4 is 0 Å². The van der Waals surface area contributed by atoms with E-state index < -0.39 is 0 Å². The Balaban J connectivity index is 2.49. The fraction of sp³-hybridized carbons (Fsp3) is 0.500. The van der Waals surface area contributed by atoms with Crippen LogP contribution in [0, 0.1) is 11.8 Å². The molecule has 3 heteroatoms. The summed E-state index contributed by atoms with van der Waals surface area (Å²) in [5.74, 6) is 5.93. The van der Waals surface area contributed by atoms with Gasteiger partial charge in [0.1, 0.15) is 0 Å². The van der Waals surface area contributed by atoms with E-state index in [4.69, 9.17) is 15.2 Å². The Bertz CT molecular complexity index is 444. The zero-order chi connectivity index (χ0) is 14.1. The van der Waals surface area contributed by atoms with Crippen LogP contribution in [0.25, 0.3) is 0 Å². The smallest absolute Gasteiger partial charge is 0.0728 e. The molecule has 0 saturated carbocycles. The van der Waals surface area contributed by atoms with Gasteiger partial charge in [0.25, 0.3) is 0 Å². The van der Waals surface area contributed by atoms with E-state index in [1.165, 1.54) is 0 Å². The first-order valence-corrected chi connectivity index (χ1v) is 6.49. The zero-order valence-electron chi connectivity index (χ0n) is 12.0. The van der Waals surface area contributed by atoms with E-state index >= 15 is 0 Å². The highest BCUT2D eigenvalue weighted by molar-refractivity contribution is 5.41. The lowest BCUT2D eigenvalue weighted by atomic mass is 10.1. The van der Waals surface area contributed by atoms with Gasteiger partial charge < -0.3 is 15.2 Å². The summed E-state index contributed by atoms with van der Waals surface area (Å²) < 4.78 is 11.0. The molecule has 0 heterocycles. The molecule has 0 fully saturated rings. The Hall–Kier alpha value is -1.34. The number of rotatable bonds is 6. The molecule has 0 saturated heterocycles. The van der Waals surface area contributed by atoms with E-state index in [2.05, 4.69) is 25.7 Å². The highest BCUT2D eigenvalue weighted by atomic mass is 16.5. The summed E-state index contributed by atoms with van der Waals surface area (Å²) in [7, 11) is 1.72. The summed E-state index contributed by atoms with van der Waals surface area (Å²) in [6.07, 6.45) is 0.861. The second-order valence-corrected chi connectivity index (χ2v) is 4.93. The first-order valence-electron chi connectivity index (χ1n) is 6.49. The van der Waals surface area contributed by atoms with Crippen molar-refractivity contribution < 1.29 is 9.47 Å². The number of benzene rings is 1. The predicted molar refractivity (Wildman–Crippen MR) is 77.7 cm³/mol. The van der Waals surface area contributed by atoms with Gasteiger partial charge in [-0.3, -0.25) is 0 Å². The molecule has 19 heavy (non-hydrogen) atoms. The van der Waals surface area contributed by atoms with Gasteiger partial charge in [-0.1, -0.05) is 30.0 Å². The van der Waals surface area contributed by atoms with Crippen molar-refractivity contribution in [2.75, 3.05) is 20.3 Å². The first kappa shape index (κ1) is 15.7. The molecule has 0 radical (unpaired) electrons. The van der Waals surface area contributed by atoms with E-state index in [1.54, 1.807) is 7.11 Å². The fourth-order valence-electron chi connectivity index (χ4n) is 1.52. The quantitative estimate of drug-likeness (QED) is 0.631. The third-order valence-electron chi connectivity index (χ3n) is 3.00. The molecule has 0 unspecified atom stereocenters. The van der Waals surface area contributed by atoms with Crippen LogP contribution in [0.3, 0.4) is 0 Å². The average molecular weight is 261 g/mol. The third kappa shape index (κ3) is 5.89. The molecule has 0 spiro atoms.